The lowest BCUT2D eigenvalue weighted by molar-refractivity contribution is 0.524. The fourth-order valence-corrected chi connectivity index (χ4v) is 5.79. The molecular weight excluding hydrogens is 466 g/mol. The number of anilines is 1. The third-order valence-corrected chi connectivity index (χ3v) is 7.68. The predicted octanol–water partition coefficient (Wildman–Crippen LogP) is 5.54. The van der Waals surface area contributed by atoms with Crippen molar-refractivity contribution >= 4 is 15.7 Å². The molecule has 4 aromatic rings. The average Bonchev–Trinajstić information content (AvgIpc) is 2.84. The lowest BCUT2D eigenvalue weighted by Crippen LogP contribution is -2.48. The van der Waals surface area contributed by atoms with Crippen molar-refractivity contribution in [3.63, 3.8) is 0 Å². The van der Waals surface area contributed by atoms with Gasteiger partial charge in [0.25, 0.3) is 0 Å². The molecule has 5 rings (SSSR count). The van der Waals surface area contributed by atoms with Crippen LogP contribution in [0.1, 0.15) is 11.1 Å². The Morgan fingerprint density at radius 2 is 1.54 bits per heavy atom. The Hall–Kier alpha value is -3.55. The molecule has 4 nitrogen and oxygen atoms in total. The zero-order valence-electron chi connectivity index (χ0n) is 18.9. The van der Waals surface area contributed by atoms with Gasteiger partial charge < -0.3 is 4.90 Å². The topological polar surface area (TPSA) is 49.4 Å². The van der Waals surface area contributed by atoms with E-state index < -0.39 is 10.0 Å². The van der Waals surface area contributed by atoms with Gasteiger partial charge in [-0.2, -0.15) is 0 Å². The Bertz CT molecular complexity index is 1440. The Balaban J connectivity index is 1.49. The first-order valence-corrected chi connectivity index (χ1v) is 12.8. The van der Waals surface area contributed by atoms with Crippen molar-refractivity contribution in [2.45, 2.75) is 23.9 Å². The number of halogens is 2. The highest BCUT2D eigenvalue weighted by atomic mass is 32.2. The van der Waals surface area contributed by atoms with E-state index in [2.05, 4.69) is 9.62 Å². The molecule has 178 valence electrons. The van der Waals surface area contributed by atoms with E-state index in [1.165, 1.54) is 24.3 Å². The second-order valence-corrected chi connectivity index (χ2v) is 10.4. The van der Waals surface area contributed by atoms with Crippen LogP contribution in [0.2, 0.25) is 0 Å². The van der Waals surface area contributed by atoms with Gasteiger partial charge >= 0.3 is 0 Å². The molecule has 1 heterocycles. The third-order valence-electron chi connectivity index (χ3n) is 6.14. The number of fused-ring (bicyclic) bond motifs is 1. The lowest BCUT2D eigenvalue weighted by Gasteiger charge is -2.37. The Morgan fingerprint density at radius 1 is 0.800 bits per heavy atom. The standard InChI is InChI=1S/C28H24F2N2O2S/c29-24-12-9-21(10-13-24)22-11-14-28-23(16-22)17-26(31-35(33,34)27-7-2-1-3-8-27)19-32(28)18-20-5-4-6-25(30)15-20/h1-16,26,31H,17-19H2. The first-order valence-electron chi connectivity index (χ1n) is 11.3. The number of sulfonamides is 1. The summed E-state index contributed by atoms with van der Waals surface area (Å²) in [5.41, 5.74) is 4.52. The predicted molar refractivity (Wildman–Crippen MR) is 134 cm³/mol. The fourth-order valence-electron chi connectivity index (χ4n) is 4.55. The number of nitrogens with zero attached hydrogens (tertiary/aromatic N) is 1. The number of nitrogens with one attached hydrogen (secondary N) is 1. The molecule has 1 aliphatic heterocycles. The molecule has 0 spiro atoms. The quantitative estimate of drug-likeness (QED) is 0.386. The Kier molecular flexibility index (Phi) is 6.36. The van der Waals surface area contributed by atoms with Gasteiger partial charge in [-0.05, 0) is 77.2 Å². The van der Waals surface area contributed by atoms with Crippen molar-refractivity contribution in [3.8, 4) is 11.1 Å². The van der Waals surface area contributed by atoms with Crippen LogP contribution in [0.3, 0.4) is 0 Å². The van der Waals surface area contributed by atoms with E-state index in [1.54, 1.807) is 48.5 Å². The summed E-state index contributed by atoms with van der Waals surface area (Å²) in [4.78, 5) is 2.28. The summed E-state index contributed by atoms with van der Waals surface area (Å²) < 4.78 is 56.2. The van der Waals surface area contributed by atoms with Gasteiger partial charge in [0.2, 0.25) is 10.0 Å². The van der Waals surface area contributed by atoms with Gasteiger partial charge in [-0.1, -0.05) is 48.5 Å². The summed E-state index contributed by atoms with van der Waals surface area (Å²) in [7, 11) is -3.71. The monoisotopic (exact) mass is 490 g/mol. The van der Waals surface area contributed by atoms with Gasteiger partial charge in [0.15, 0.2) is 0 Å². The summed E-state index contributed by atoms with van der Waals surface area (Å²) >= 11 is 0. The molecule has 0 saturated carbocycles. The minimum absolute atomic E-state index is 0.211. The van der Waals surface area contributed by atoms with Crippen LogP contribution in [0, 0.1) is 11.6 Å². The zero-order valence-corrected chi connectivity index (χ0v) is 19.7. The third kappa shape index (κ3) is 5.26. The molecule has 1 N–H and O–H groups in total. The van der Waals surface area contributed by atoms with Crippen LogP contribution in [0.5, 0.6) is 0 Å². The van der Waals surface area contributed by atoms with Gasteiger partial charge in [-0.25, -0.2) is 21.9 Å². The van der Waals surface area contributed by atoms with E-state index in [4.69, 9.17) is 0 Å². The maximum atomic E-state index is 13.8. The van der Waals surface area contributed by atoms with Gasteiger partial charge in [-0.15, -0.1) is 0 Å². The molecule has 35 heavy (non-hydrogen) atoms. The largest absolute Gasteiger partial charge is 0.365 e. The normalized spacial score (nSPS) is 15.6. The van der Waals surface area contributed by atoms with Crippen molar-refractivity contribution in [1.29, 1.82) is 0 Å². The zero-order chi connectivity index (χ0) is 24.4. The van der Waals surface area contributed by atoms with Crippen LogP contribution in [-0.2, 0) is 23.0 Å². The molecule has 0 amide bonds. The SMILES string of the molecule is O=S(=O)(NC1Cc2cc(-c3ccc(F)cc3)ccc2N(Cc2cccc(F)c2)C1)c1ccccc1. The molecule has 0 aromatic heterocycles. The summed E-state index contributed by atoms with van der Waals surface area (Å²) in [6, 6.07) is 26.6. The molecular formula is C28H24F2N2O2S. The highest BCUT2D eigenvalue weighted by Crippen LogP contribution is 2.33. The van der Waals surface area contributed by atoms with Gasteiger partial charge in [0, 0.05) is 24.8 Å². The van der Waals surface area contributed by atoms with E-state index in [9.17, 15) is 17.2 Å². The fraction of sp³-hybridized carbons (Fsp3) is 0.143. The van der Waals surface area contributed by atoms with E-state index in [-0.39, 0.29) is 22.6 Å². The minimum Gasteiger partial charge on any atom is -0.365 e. The van der Waals surface area contributed by atoms with Crippen LogP contribution in [0.15, 0.2) is 102 Å². The molecule has 0 aliphatic carbocycles. The minimum atomic E-state index is -3.71. The van der Waals surface area contributed by atoms with Gasteiger partial charge in [0.05, 0.1) is 4.90 Å². The molecule has 0 saturated heterocycles. The molecule has 0 fully saturated rings. The van der Waals surface area contributed by atoms with Crippen molar-refractivity contribution < 1.29 is 17.2 Å². The molecule has 1 atom stereocenters. The average molecular weight is 491 g/mol. The van der Waals surface area contributed by atoms with Crippen LogP contribution < -0.4 is 9.62 Å². The van der Waals surface area contributed by atoms with Crippen LogP contribution in [-0.4, -0.2) is 21.0 Å². The first kappa shape index (κ1) is 23.2. The van der Waals surface area contributed by atoms with E-state index in [1.807, 2.05) is 24.3 Å². The number of rotatable bonds is 6. The molecule has 1 unspecified atom stereocenters. The first-order chi connectivity index (χ1) is 16.9. The second-order valence-electron chi connectivity index (χ2n) is 8.70. The van der Waals surface area contributed by atoms with Crippen molar-refractivity contribution in [1.82, 2.24) is 4.72 Å². The van der Waals surface area contributed by atoms with Crippen LogP contribution >= 0.6 is 0 Å². The maximum absolute atomic E-state index is 13.8. The van der Waals surface area contributed by atoms with Gasteiger partial charge in [0.1, 0.15) is 11.6 Å². The van der Waals surface area contributed by atoms with Crippen molar-refractivity contribution in [3.05, 3.63) is 120 Å². The van der Waals surface area contributed by atoms with Crippen LogP contribution in [0.25, 0.3) is 11.1 Å². The highest BCUT2D eigenvalue weighted by Gasteiger charge is 2.29. The van der Waals surface area contributed by atoms with Crippen molar-refractivity contribution in [2.24, 2.45) is 0 Å². The van der Waals surface area contributed by atoms with E-state index >= 15 is 0 Å². The summed E-state index contributed by atoms with van der Waals surface area (Å²) in [6.07, 6.45) is 0.496. The van der Waals surface area contributed by atoms with E-state index in [0.717, 1.165) is 27.9 Å². The lowest BCUT2D eigenvalue weighted by atomic mass is 9.94. The second kappa shape index (κ2) is 9.60. The number of hydrogen-bond donors (Lipinski definition) is 1. The molecule has 0 bridgehead atoms. The highest BCUT2D eigenvalue weighted by molar-refractivity contribution is 7.89. The maximum Gasteiger partial charge on any atom is 0.240 e. The Morgan fingerprint density at radius 3 is 2.29 bits per heavy atom. The van der Waals surface area contributed by atoms with Gasteiger partial charge in [-0.3, -0.25) is 0 Å². The molecule has 7 heteroatoms. The van der Waals surface area contributed by atoms with Crippen molar-refractivity contribution in [2.75, 3.05) is 11.4 Å². The Labute approximate surface area is 203 Å². The molecule has 4 aromatic carbocycles. The molecule has 1 aliphatic rings. The summed E-state index contributed by atoms with van der Waals surface area (Å²) in [5, 5.41) is 0. The smallest absolute Gasteiger partial charge is 0.240 e. The summed E-state index contributed by atoms with van der Waals surface area (Å²) in [6.45, 7) is 0.871. The number of benzene rings is 4. The van der Waals surface area contributed by atoms with E-state index in [0.29, 0.717) is 19.5 Å². The summed E-state index contributed by atoms with van der Waals surface area (Å²) in [5.74, 6) is -0.615. The molecule has 0 radical (unpaired) electrons. The van der Waals surface area contributed by atoms with Crippen LogP contribution in [0.4, 0.5) is 14.5 Å². The number of hydrogen-bond acceptors (Lipinski definition) is 3.